The highest BCUT2D eigenvalue weighted by atomic mass is 13.9. The monoisotopic (exact) mass is 204 g/mol. The SMILES string of the molecule is C/C=C/CCCC/C=C/C=C/C=C/CC. The number of hydrogen-bond acceptors (Lipinski definition) is 0. The zero-order chi connectivity index (χ0) is 11.2. The summed E-state index contributed by atoms with van der Waals surface area (Å²) in [6, 6.07) is 0. The van der Waals surface area contributed by atoms with Crippen LogP contribution in [0.25, 0.3) is 0 Å². The normalized spacial score (nSPS) is 12.9. The molecule has 0 saturated heterocycles. The van der Waals surface area contributed by atoms with Gasteiger partial charge < -0.3 is 0 Å². The van der Waals surface area contributed by atoms with Gasteiger partial charge >= 0.3 is 0 Å². The minimum absolute atomic E-state index is 1.11. The summed E-state index contributed by atoms with van der Waals surface area (Å²) in [5.41, 5.74) is 0. The van der Waals surface area contributed by atoms with E-state index in [1.165, 1.54) is 25.7 Å². The molecule has 0 heterocycles. The van der Waals surface area contributed by atoms with Crippen molar-refractivity contribution in [1.29, 1.82) is 0 Å². The molecule has 0 aliphatic rings. The van der Waals surface area contributed by atoms with E-state index in [-0.39, 0.29) is 0 Å². The minimum Gasteiger partial charge on any atom is -0.0917 e. The van der Waals surface area contributed by atoms with Gasteiger partial charge in [0.05, 0.1) is 0 Å². The number of rotatable bonds is 8. The standard InChI is InChI=1S/C15H24/c1-3-5-7-9-11-13-15-14-12-10-8-6-4-2/h3,5-6,8,10,12,14-15H,4,7,9,11,13H2,1-2H3/b5-3+,8-6+,12-10+,15-14+. The van der Waals surface area contributed by atoms with E-state index in [4.69, 9.17) is 0 Å². The highest BCUT2D eigenvalue weighted by Crippen LogP contribution is 2.01. The third kappa shape index (κ3) is 13.0. The maximum absolute atomic E-state index is 2.24. The van der Waals surface area contributed by atoms with Crippen LogP contribution in [0.4, 0.5) is 0 Å². The van der Waals surface area contributed by atoms with Crippen LogP contribution in [-0.4, -0.2) is 0 Å². The van der Waals surface area contributed by atoms with Crippen LogP contribution < -0.4 is 0 Å². The fraction of sp³-hybridized carbons (Fsp3) is 0.467. The first-order chi connectivity index (χ1) is 7.41. The van der Waals surface area contributed by atoms with Gasteiger partial charge in [-0.2, -0.15) is 0 Å². The van der Waals surface area contributed by atoms with Gasteiger partial charge in [-0.1, -0.05) is 55.5 Å². The van der Waals surface area contributed by atoms with Crippen LogP contribution in [0.2, 0.25) is 0 Å². The van der Waals surface area contributed by atoms with Gasteiger partial charge in [0.25, 0.3) is 0 Å². The summed E-state index contributed by atoms with van der Waals surface area (Å²) >= 11 is 0. The van der Waals surface area contributed by atoms with E-state index in [9.17, 15) is 0 Å². The van der Waals surface area contributed by atoms with Crippen molar-refractivity contribution < 1.29 is 0 Å². The Kier molecular flexibility index (Phi) is 12.1. The van der Waals surface area contributed by atoms with Gasteiger partial charge in [0.1, 0.15) is 0 Å². The molecule has 0 heteroatoms. The molecule has 0 spiro atoms. The van der Waals surface area contributed by atoms with Crippen LogP contribution in [0.15, 0.2) is 48.6 Å². The lowest BCUT2D eigenvalue weighted by Crippen LogP contribution is -1.71. The zero-order valence-corrected chi connectivity index (χ0v) is 10.2. The molecule has 0 nitrogen and oxygen atoms in total. The lowest BCUT2D eigenvalue weighted by Gasteiger charge is -1.91. The van der Waals surface area contributed by atoms with Crippen molar-refractivity contribution in [2.45, 2.75) is 46.0 Å². The van der Waals surface area contributed by atoms with Crippen LogP contribution in [0.5, 0.6) is 0 Å². The molecule has 0 aliphatic heterocycles. The van der Waals surface area contributed by atoms with E-state index in [1.807, 2.05) is 0 Å². The van der Waals surface area contributed by atoms with Crippen molar-refractivity contribution in [3.63, 3.8) is 0 Å². The molecule has 84 valence electrons. The third-order valence-electron chi connectivity index (χ3n) is 2.07. The number of allylic oxidation sites excluding steroid dienone is 8. The van der Waals surface area contributed by atoms with Gasteiger partial charge in [-0.15, -0.1) is 0 Å². The number of unbranched alkanes of at least 4 members (excludes halogenated alkanes) is 3. The summed E-state index contributed by atoms with van der Waals surface area (Å²) in [6.07, 6.45) is 23.3. The van der Waals surface area contributed by atoms with Gasteiger partial charge in [-0.3, -0.25) is 0 Å². The molecule has 0 rings (SSSR count). The lowest BCUT2D eigenvalue weighted by atomic mass is 10.2. The average Bonchev–Trinajstić information content (AvgIpc) is 2.26. The van der Waals surface area contributed by atoms with E-state index in [1.54, 1.807) is 0 Å². The Hall–Kier alpha value is -1.04. The zero-order valence-electron chi connectivity index (χ0n) is 10.2. The Morgan fingerprint density at radius 3 is 1.93 bits per heavy atom. The van der Waals surface area contributed by atoms with Crippen molar-refractivity contribution in [3.8, 4) is 0 Å². The topological polar surface area (TPSA) is 0 Å². The van der Waals surface area contributed by atoms with E-state index < -0.39 is 0 Å². The molecule has 0 bridgehead atoms. The molecule has 0 amide bonds. The van der Waals surface area contributed by atoms with Crippen LogP contribution in [0.3, 0.4) is 0 Å². The van der Waals surface area contributed by atoms with Crippen LogP contribution in [0.1, 0.15) is 46.0 Å². The molecular formula is C15H24. The molecule has 0 aromatic rings. The van der Waals surface area contributed by atoms with Crippen molar-refractivity contribution in [1.82, 2.24) is 0 Å². The van der Waals surface area contributed by atoms with E-state index in [0.29, 0.717) is 0 Å². The Balaban J connectivity index is 3.31. The highest BCUT2D eigenvalue weighted by molar-refractivity contribution is 5.10. The van der Waals surface area contributed by atoms with Crippen molar-refractivity contribution in [3.05, 3.63) is 48.6 Å². The molecule has 0 atom stereocenters. The Bertz CT molecular complexity index is 216. The molecule has 0 N–H and O–H groups in total. The molecule has 0 aromatic heterocycles. The Morgan fingerprint density at radius 2 is 1.33 bits per heavy atom. The molecule has 0 aliphatic carbocycles. The van der Waals surface area contributed by atoms with Gasteiger partial charge in [-0.05, 0) is 39.0 Å². The van der Waals surface area contributed by atoms with E-state index in [2.05, 4.69) is 62.5 Å². The van der Waals surface area contributed by atoms with Crippen molar-refractivity contribution >= 4 is 0 Å². The van der Waals surface area contributed by atoms with Gasteiger partial charge in [0.15, 0.2) is 0 Å². The Morgan fingerprint density at radius 1 is 0.733 bits per heavy atom. The summed E-state index contributed by atoms with van der Waals surface area (Å²) in [5.74, 6) is 0. The number of hydrogen-bond donors (Lipinski definition) is 0. The second-order valence-electron chi connectivity index (χ2n) is 3.50. The van der Waals surface area contributed by atoms with Crippen molar-refractivity contribution in [2.75, 3.05) is 0 Å². The first-order valence-electron chi connectivity index (χ1n) is 6.01. The first kappa shape index (κ1) is 14.0. The first-order valence-corrected chi connectivity index (χ1v) is 6.01. The maximum Gasteiger partial charge on any atom is -0.0347 e. The summed E-state index contributed by atoms with van der Waals surface area (Å²) < 4.78 is 0. The Labute approximate surface area is 95.1 Å². The van der Waals surface area contributed by atoms with E-state index in [0.717, 1.165) is 6.42 Å². The summed E-state index contributed by atoms with van der Waals surface area (Å²) in [4.78, 5) is 0. The van der Waals surface area contributed by atoms with E-state index >= 15 is 0 Å². The lowest BCUT2D eigenvalue weighted by molar-refractivity contribution is 0.762. The molecular weight excluding hydrogens is 180 g/mol. The second-order valence-corrected chi connectivity index (χ2v) is 3.50. The summed E-state index contributed by atoms with van der Waals surface area (Å²) in [6.45, 7) is 4.22. The molecule has 0 unspecified atom stereocenters. The van der Waals surface area contributed by atoms with Crippen LogP contribution in [-0.2, 0) is 0 Å². The molecule has 0 fully saturated rings. The molecule has 0 saturated carbocycles. The van der Waals surface area contributed by atoms with Crippen molar-refractivity contribution in [2.24, 2.45) is 0 Å². The molecule has 0 aromatic carbocycles. The molecule has 15 heavy (non-hydrogen) atoms. The molecule has 0 radical (unpaired) electrons. The predicted octanol–water partition coefficient (Wildman–Crippen LogP) is 5.20. The smallest absolute Gasteiger partial charge is 0.0347 e. The van der Waals surface area contributed by atoms with Crippen LogP contribution in [0, 0.1) is 0 Å². The second kappa shape index (κ2) is 13.0. The average molecular weight is 204 g/mol. The maximum atomic E-state index is 2.24. The van der Waals surface area contributed by atoms with Gasteiger partial charge in [-0.25, -0.2) is 0 Å². The quantitative estimate of drug-likeness (QED) is 0.289. The van der Waals surface area contributed by atoms with Crippen LogP contribution >= 0.6 is 0 Å². The predicted molar refractivity (Wildman–Crippen MR) is 71.0 cm³/mol. The fourth-order valence-corrected chi connectivity index (χ4v) is 1.21. The summed E-state index contributed by atoms with van der Waals surface area (Å²) in [5, 5.41) is 0. The van der Waals surface area contributed by atoms with Gasteiger partial charge in [0.2, 0.25) is 0 Å². The van der Waals surface area contributed by atoms with Gasteiger partial charge in [0, 0.05) is 0 Å². The largest absolute Gasteiger partial charge is 0.0917 e. The highest BCUT2D eigenvalue weighted by Gasteiger charge is 1.81. The third-order valence-corrected chi connectivity index (χ3v) is 2.07. The summed E-state index contributed by atoms with van der Waals surface area (Å²) in [7, 11) is 0. The minimum atomic E-state index is 1.11. The fourth-order valence-electron chi connectivity index (χ4n) is 1.21.